The second-order valence-corrected chi connectivity index (χ2v) is 6.80. The molecule has 1 unspecified atom stereocenters. The van der Waals surface area contributed by atoms with Gasteiger partial charge < -0.3 is 25.2 Å². The Morgan fingerprint density at radius 1 is 1.22 bits per heavy atom. The SMILES string of the molecule is COC(=O)C(CO)NC(=O)c1cncnc1Nc1ccc(OCc2ccccn2)c(Cl)c1. The van der Waals surface area contributed by atoms with Gasteiger partial charge in [0.15, 0.2) is 6.04 Å². The number of aliphatic hydroxyl groups excluding tert-OH is 1. The summed E-state index contributed by atoms with van der Waals surface area (Å²) in [5.41, 5.74) is 1.36. The Bertz CT molecular complexity index is 1080. The summed E-state index contributed by atoms with van der Waals surface area (Å²) < 4.78 is 10.2. The maximum Gasteiger partial charge on any atom is 0.330 e. The van der Waals surface area contributed by atoms with E-state index >= 15 is 0 Å². The Labute approximate surface area is 188 Å². The number of nitrogens with zero attached hydrogens (tertiary/aromatic N) is 3. The normalized spacial score (nSPS) is 11.3. The molecule has 0 aliphatic carbocycles. The van der Waals surface area contributed by atoms with Crippen LogP contribution < -0.4 is 15.4 Å². The fourth-order valence-electron chi connectivity index (χ4n) is 2.62. The summed E-state index contributed by atoms with van der Waals surface area (Å²) in [6.45, 7) is -0.361. The average molecular weight is 458 g/mol. The number of pyridine rings is 1. The van der Waals surface area contributed by atoms with E-state index in [1.165, 1.54) is 12.5 Å². The smallest absolute Gasteiger partial charge is 0.330 e. The van der Waals surface area contributed by atoms with Gasteiger partial charge in [-0.1, -0.05) is 17.7 Å². The second-order valence-electron chi connectivity index (χ2n) is 6.40. The Morgan fingerprint density at radius 3 is 2.75 bits per heavy atom. The highest BCUT2D eigenvalue weighted by Gasteiger charge is 2.23. The minimum absolute atomic E-state index is 0.0569. The molecule has 0 fully saturated rings. The van der Waals surface area contributed by atoms with Crippen LogP contribution in [-0.4, -0.2) is 51.7 Å². The number of anilines is 2. The standard InChI is InChI=1S/C21H20ClN5O5/c1-31-21(30)17(10-28)27-20(29)15-9-23-12-25-19(15)26-13-5-6-18(16(22)8-13)32-11-14-4-2-3-7-24-14/h2-9,12,17,28H,10-11H2,1H3,(H,27,29)(H,23,25,26). The lowest BCUT2D eigenvalue weighted by atomic mass is 10.2. The van der Waals surface area contributed by atoms with Crippen LogP contribution in [-0.2, 0) is 16.1 Å². The van der Waals surface area contributed by atoms with Gasteiger partial charge in [0.1, 0.15) is 30.1 Å². The number of nitrogens with one attached hydrogen (secondary N) is 2. The molecule has 32 heavy (non-hydrogen) atoms. The first kappa shape index (κ1) is 22.9. The molecule has 1 aromatic carbocycles. The van der Waals surface area contributed by atoms with Gasteiger partial charge >= 0.3 is 5.97 Å². The zero-order valence-electron chi connectivity index (χ0n) is 17.0. The number of hydrogen-bond donors (Lipinski definition) is 3. The molecule has 0 bridgehead atoms. The summed E-state index contributed by atoms with van der Waals surface area (Å²) in [5.74, 6) is -0.802. The summed E-state index contributed by atoms with van der Waals surface area (Å²) >= 11 is 6.33. The first-order chi connectivity index (χ1) is 15.5. The van der Waals surface area contributed by atoms with Gasteiger partial charge in [0.2, 0.25) is 0 Å². The molecule has 3 N–H and O–H groups in total. The maximum absolute atomic E-state index is 12.6. The molecule has 1 atom stereocenters. The summed E-state index contributed by atoms with van der Waals surface area (Å²) in [6, 6.07) is 9.30. The second kappa shape index (κ2) is 11.0. The van der Waals surface area contributed by atoms with Gasteiger partial charge in [-0.15, -0.1) is 0 Å². The lowest BCUT2D eigenvalue weighted by molar-refractivity contribution is -0.143. The van der Waals surface area contributed by atoms with E-state index in [1.54, 1.807) is 24.4 Å². The Morgan fingerprint density at radius 2 is 2.06 bits per heavy atom. The molecule has 2 heterocycles. The number of rotatable bonds is 9. The molecule has 0 saturated heterocycles. The lowest BCUT2D eigenvalue weighted by Crippen LogP contribution is -2.44. The summed E-state index contributed by atoms with van der Waals surface area (Å²) in [4.78, 5) is 36.3. The van der Waals surface area contributed by atoms with Gasteiger partial charge in [-0.05, 0) is 30.3 Å². The molecule has 11 heteroatoms. The van der Waals surface area contributed by atoms with Gasteiger partial charge in [-0.25, -0.2) is 14.8 Å². The van der Waals surface area contributed by atoms with Crippen molar-refractivity contribution in [2.45, 2.75) is 12.6 Å². The Kier molecular flexibility index (Phi) is 7.90. The molecular weight excluding hydrogens is 438 g/mol. The molecule has 166 valence electrons. The molecule has 0 saturated carbocycles. The Hall–Kier alpha value is -3.76. The van der Waals surface area contributed by atoms with Crippen LogP contribution in [0.3, 0.4) is 0 Å². The highest BCUT2D eigenvalue weighted by molar-refractivity contribution is 6.32. The van der Waals surface area contributed by atoms with Crippen molar-refractivity contribution >= 4 is 35.0 Å². The topological polar surface area (TPSA) is 136 Å². The van der Waals surface area contributed by atoms with Crippen LogP contribution >= 0.6 is 11.6 Å². The van der Waals surface area contributed by atoms with Crippen molar-refractivity contribution in [2.24, 2.45) is 0 Å². The number of benzene rings is 1. The summed E-state index contributed by atoms with van der Waals surface area (Å²) in [6.07, 6.45) is 4.22. The number of aliphatic hydroxyl groups is 1. The van der Waals surface area contributed by atoms with Crippen molar-refractivity contribution in [3.05, 3.63) is 71.4 Å². The molecule has 10 nitrogen and oxygen atoms in total. The number of ether oxygens (including phenoxy) is 2. The number of amides is 1. The van der Waals surface area contributed by atoms with Crippen molar-refractivity contribution in [1.29, 1.82) is 0 Å². The average Bonchev–Trinajstić information content (AvgIpc) is 2.82. The number of halogens is 1. The zero-order valence-corrected chi connectivity index (χ0v) is 17.7. The molecule has 2 aromatic heterocycles. The van der Waals surface area contributed by atoms with E-state index < -0.39 is 24.5 Å². The molecule has 0 radical (unpaired) electrons. The predicted octanol–water partition coefficient (Wildman–Crippen LogP) is 2.11. The Balaban J connectivity index is 1.71. The van der Waals surface area contributed by atoms with Gasteiger partial charge in [0.05, 0.1) is 24.4 Å². The number of esters is 1. The van der Waals surface area contributed by atoms with E-state index in [2.05, 4.69) is 30.3 Å². The largest absolute Gasteiger partial charge is 0.486 e. The number of aromatic nitrogens is 3. The number of hydrogen-bond acceptors (Lipinski definition) is 9. The summed E-state index contributed by atoms with van der Waals surface area (Å²) in [5, 5.41) is 15.0. The van der Waals surface area contributed by atoms with Crippen molar-refractivity contribution in [3.63, 3.8) is 0 Å². The minimum atomic E-state index is -1.22. The zero-order chi connectivity index (χ0) is 22.9. The van der Waals surface area contributed by atoms with Gasteiger partial charge in [0.25, 0.3) is 5.91 Å². The van der Waals surface area contributed by atoms with Gasteiger partial charge in [0, 0.05) is 18.1 Å². The number of carbonyl (C=O) groups excluding carboxylic acids is 2. The lowest BCUT2D eigenvalue weighted by Gasteiger charge is -2.16. The number of methoxy groups -OCH3 is 1. The van der Waals surface area contributed by atoms with E-state index in [9.17, 15) is 14.7 Å². The van der Waals surface area contributed by atoms with Crippen molar-refractivity contribution < 1.29 is 24.2 Å². The third-order valence-electron chi connectivity index (χ3n) is 4.23. The van der Waals surface area contributed by atoms with E-state index in [0.717, 1.165) is 12.8 Å². The van der Waals surface area contributed by atoms with Crippen LogP contribution in [0, 0.1) is 0 Å². The highest BCUT2D eigenvalue weighted by Crippen LogP contribution is 2.30. The van der Waals surface area contributed by atoms with Crippen LogP contribution in [0.15, 0.2) is 55.1 Å². The van der Waals surface area contributed by atoms with Crippen LogP contribution in [0.25, 0.3) is 0 Å². The van der Waals surface area contributed by atoms with E-state index in [0.29, 0.717) is 16.5 Å². The minimum Gasteiger partial charge on any atom is -0.486 e. The third-order valence-corrected chi connectivity index (χ3v) is 4.52. The first-order valence-electron chi connectivity index (χ1n) is 9.40. The van der Waals surface area contributed by atoms with E-state index in [4.69, 9.17) is 16.3 Å². The number of carbonyl (C=O) groups is 2. The molecular formula is C21H20ClN5O5. The third kappa shape index (κ3) is 5.90. The van der Waals surface area contributed by atoms with Crippen molar-refractivity contribution in [1.82, 2.24) is 20.3 Å². The molecule has 3 rings (SSSR count). The molecule has 0 aliphatic heterocycles. The van der Waals surface area contributed by atoms with E-state index in [-0.39, 0.29) is 18.0 Å². The van der Waals surface area contributed by atoms with Gasteiger partial charge in [-0.3, -0.25) is 9.78 Å². The fraction of sp³-hybridized carbons (Fsp3) is 0.190. The monoisotopic (exact) mass is 457 g/mol. The molecule has 0 aliphatic rings. The van der Waals surface area contributed by atoms with Crippen LogP contribution in [0.1, 0.15) is 16.1 Å². The molecule has 3 aromatic rings. The van der Waals surface area contributed by atoms with Crippen molar-refractivity contribution in [2.75, 3.05) is 19.0 Å². The van der Waals surface area contributed by atoms with Crippen molar-refractivity contribution in [3.8, 4) is 5.75 Å². The maximum atomic E-state index is 12.6. The quantitative estimate of drug-likeness (QED) is 0.412. The first-order valence-corrected chi connectivity index (χ1v) is 9.78. The van der Waals surface area contributed by atoms with E-state index in [1.807, 2.05) is 18.2 Å². The molecule has 1 amide bonds. The van der Waals surface area contributed by atoms with Crippen LogP contribution in [0.2, 0.25) is 5.02 Å². The summed E-state index contributed by atoms with van der Waals surface area (Å²) in [7, 11) is 1.16. The fourth-order valence-corrected chi connectivity index (χ4v) is 2.86. The highest BCUT2D eigenvalue weighted by atomic mass is 35.5. The van der Waals surface area contributed by atoms with Gasteiger partial charge in [-0.2, -0.15) is 0 Å². The van der Waals surface area contributed by atoms with Crippen LogP contribution in [0.5, 0.6) is 5.75 Å². The van der Waals surface area contributed by atoms with Crippen LogP contribution in [0.4, 0.5) is 11.5 Å². The molecule has 0 spiro atoms. The predicted molar refractivity (Wildman–Crippen MR) is 116 cm³/mol.